The normalized spacial score (nSPS) is 28.6. The number of hydrogen-bond donors (Lipinski definition) is 2. The van der Waals surface area contributed by atoms with E-state index in [9.17, 15) is 5.11 Å². The smallest absolute Gasteiger partial charge is 0.166 e. The number of ether oxygens (including phenoxy) is 2. The predicted molar refractivity (Wildman–Crippen MR) is 171 cm³/mol. The number of piperidine rings is 1. The van der Waals surface area contributed by atoms with Crippen molar-refractivity contribution in [1.82, 2.24) is 9.88 Å². The van der Waals surface area contributed by atoms with Crippen molar-refractivity contribution in [2.75, 3.05) is 13.1 Å². The third-order valence-electron chi connectivity index (χ3n) is 11.3. The first-order valence-corrected chi connectivity index (χ1v) is 15.9. The zero-order valence-corrected chi connectivity index (χ0v) is 26.1. The van der Waals surface area contributed by atoms with E-state index in [1.54, 1.807) is 0 Å². The maximum atomic E-state index is 11.2. The summed E-state index contributed by atoms with van der Waals surface area (Å²) in [6, 6.07) is 22.0. The summed E-state index contributed by atoms with van der Waals surface area (Å²) >= 11 is 0. The standard InChI is InChI=1S/C37H40N2O3.ClH/c1-35(2,3)25-13-10-23(11-14-25)21-41-37-19-27-26-6-4-5-7-28(26)38-32(27)34-36(37)16-17-39(20-22-8-9-22)30(37)18-24-12-15-29(40)33(42-34)31(24)36;/h4-7,10-15,22,30,34,38,40H,8-9,16-21H2,1-3H3;1H/t30-,34-,36-,37+;/m0./s1. The first-order valence-electron chi connectivity index (χ1n) is 15.9. The quantitative estimate of drug-likeness (QED) is 0.250. The number of phenols is 1. The van der Waals surface area contributed by atoms with Gasteiger partial charge < -0.3 is 19.6 Å². The molecule has 1 saturated heterocycles. The molecular formula is C37H41ClN2O3. The number of hydrogen-bond acceptors (Lipinski definition) is 4. The monoisotopic (exact) mass is 596 g/mol. The average molecular weight is 597 g/mol. The molecule has 0 radical (unpaired) electrons. The second-order valence-electron chi connectivity index (χ2n) is 14.7. The molecule has 3 heterocycles. The maximum absolute atomic E-state index is 11.2. The molecule has 43 heavy (non-hydrogen) atoms. The lowest BCUT2D eigenvalue weighted by Gasteiger charge is -2.64. The van der Waals surface area contributed by atoms with Gasteiger partial charge in [0.15, 0.2) is 17.6 Å². The zero-order valence-electron chi connectivity index (χ0n) is 25.3. The van der Waals surface area contributed by atoms with Gasteiger partial charge in [-0.2, -0.15) is 0 Å². The minimum Gasteiger partial charge on any atom is -0.504 e. The van der Waals surface area contributed by atoms with Crippen molar-refractivity contribution in [2.45, 2.75) is 88.1 Å². The highest BCUT2D eigenvalue weighted by atomic mass is 35.5. The molecule has 2 N–H and O–H groups in total. The molecule has 5 nitrogen and oxygen atoms in total. The van der Waals surface area contributed by atoms with E-state index < -0.39 is 5.60 Å². The molecule has 4 atom stereocenters. The van der Waals surface area contributed by atoms with Crippen LogP contribution in [0.4, 0.5) is 0 Å². The molecule has 1 aromatic heterocycles. The van der Waals surface area contributed by atoms with E-state index in [1.807, 2.05) is 6.07 Å². The third kappa shape index (κ3) is 3.71. The van der Waals surface area contributed by atoms with Gasteiger partial charge in [0.2, 0.25) is 0 Å². The van der Waals surface area contributed by atoms with Crippen LogP contribution >= 0.6 is 12.4 Å². The van der Waals surface area contributed by atoms with Crippen molar-refractivity contribution in [1.29, 1.82) is 0 Å². The summed E-state index contributed by atoms with van der Waals surface area (Å²) in [7, 11) is 0. The highest BCUT2D eigenvalue weighted by molar-refractivity contribution is 5.86. The van der Waals surface area contributed by atoms with Crippen LogP contribution in [0.3, 0.4) is 0 Å². The van der Waals surface area contributed by atoms with Gasteiger partial charge in [-0.05, 0) is 77.9 Å². The number of fused-ring (bicyclic) bond motifs is 4. The average Bonchev–Trinajstić information content (AvgIpc) is 3.62. The number of para-hydroxylation sites is 1. The molecule has 5 aliphatic rings. The van der Waals surface area contributed by atoms with Gasteiger partial charge in [-0.15, -0.1) is 12.4 Å². The third-order valence-corrected chi connectivity index (χ3v) is 11.3. The van der Waals surface area contributed by atoms with Gasteiger partial charge in [-0.3, -0.25) is 4.90 Å². The van der Waals surface area contributed by atoms with Crippen LogP contribution < -0.4 is 4.74 Å². The Bertz CT molecular complexity index is 1740. The van der Waals surface area contributed by atoms with Gasteiger partial charge in [-0.1, -0.05) is 69.3 Å². The van der Waals surface area contributed by atoms with Crippen LogP contribution in [0.5, 0.6) is 11.5 Å². The van der Waals surface area contributed by atoms with Crippen LogP contribution in [0.1, 0.15) is 79.6 Å². The SMILES string of the molecule is CC(C)(C)c1ccc(CO[C@@]23Cc4c([nH]c5ccccc45)[C@@H]4Oc5c(O)ccc6c5[C@@]42CCN(CC2CC2)[C@H]3C6)cc1.Cl. The number of halogens is 1. The Balaban J connectivity index is 0.00000278. The van der Waals surface area contributed by atoms with Gasteiger partial charge in [0, 0.05) is 35.5 Å². The summed E-state index contributed by atoms with van der Waals surface area (Å²) in [5.74, 6) is 1.74. The van der Waals surface area contributed by atoms with Gasteiger partial charge in [0.1, 0.15) is 5.60 Å². The van der Waals surface area contributed by atoms with E-state index in [0.717, 1.165) is 43.8 Å². The molecule has 6 heteroatoms. The summed E-state index contributed by atoms with van der Waals surface area (Å²) in [5.41, 5.74) is 8.01. The van der Waals surface area contributed by atoms with E-state index in [1.165, 1.54) is 51.7 Å². The summed E-state index contributed by atoms with van der Waals surface area (Å²) in [5, 5.41) is 12.4. The molecular weight excluding hydrogens is 556 g/mol. The number of aromatic hydroxyl groups is 1. The summed E-state index contributed by atoms with van der Waals surface area (Å²) in [6.07, 6.45) is 5.19. The molecule has 3 aromatic carbocycles. The lowest BCUT2D eigenvalue weighted by molar-refractivity contribution is -0.210. The topological polar surface area (TPSA) is 57.7 Å². The van der Waals surface area contributed by atoms with Crippen molar-refractivity contribution in [3.8, 4) is 11.5 Å². The second-order valence-corrected chi connectivity index (χ2v) is 14.7. The minimum atomic E-state index is -0.475. The molecule has 2 aliphatic heterocycles. The van der Waals surface area contributed by atoms with Crippen LogP contribution in [-0.2, 0) is 35.0 Å². The van der Waals surface area contributed by atoms with Crippen LogP contribution in [0.15, 0.2) is 60.7 Å². The second kappa shape index (κ2) is 9.26. The Morgan fingerprint density at radius 3 is 2.60 bits per heavy atom. The number of likely N-dealkylation sites (tertiary alicyclic amines) is 1. The van der Waals surface area contributed by atoms with Crippen LogP contribution in [-0.4, -0.2) is 39.7 Å². The van der Waals surface area contributed by atoms with Crippen LogP contribution in [0.25, 0.3) is 10.9 Å². The molecule has 1 saturated carbocycles. The summed E-state index contributed by atoms with van der Waals surface area (Å²) < 4.78 is 14.5. The molecule has 0 amide bonds. The molecule has 3 aliphatic carbocycles. The fourth-order valence-electron chi connectivity index (χ4n) is 9.13. The lowest BCUT2D eigenvalue weighted by atomic mass is 9.48. The number of nitrogens with zero attached hydrogens (tertiary/aromatic N) is 1. The molecule has 2 bridgehead atoms. The molecule has 0 unspecified atom stereocenters. The van der Waals surface area contributed by atoms with Crippen LogP contribution in [0.2, 0.25) is 0 Å². The van der Waals surface area contributed by atoms with E-state index in [2.05, 4.69) is 85.3 Å². The Kier molecular flexibility index (Phi) is 5.93. The number of aromatic nitrogens is 1. The summed E-state index contributed by atoms with van der Waals surface area (Å²) in [4.78, 5) is 6.57. The van der Waals surface area contributed by atoms with Crippen LogP contribution in [0, 0.1) is 5.92 Å². The van der Waals surface area contributed by atoms with Crippen molar-refractivity contribution in [3.05, 3.63) is 94.2 Å². The van der Waals surface area contributed by atoms with E-state index in [-0.39, 0.29) is 41.1 Å². The minimum absolute atomic E-state index is 0. The van der Waals surface area contributed by atoms with Gasteiger partial charge in [-0.25, -0.2) is 0 Å². The maximum Gasteiger partial charge on any atom is 0.166 e. The first kappa shape index (κ1) is 27.6. The van der Waals surface area contributed by atoms with Gasteiger partial charge in [0.25, 0.3) is 0 Å². The Labute approximate surface area is 260 Å². The Morgan fingerprint density at radius 2 is 1.84 bits per heavy atom. The van der Waals surface area contributed by atoms with E-state index in [0.29, 0.717) is 12.4 Å². The summed E-state index contributed by atoms with van der Waals surface area (Å²) in [6.45, 7) is 9.54. The fourth-order valence-corrected chi connectivity index (χ4v) is 9.13. The predicted octanol–water partition coefficient (Wildman–Crippen LogP) is 7.52. The number of H-pyrrole nitrogens is 1. The van der Waals surface area contributed by atoms with E-state index >= 15 is 0 Å². The largest absolute Gasteiger partial charge is 0.504 e. The van der Waals surface area contributed by atoms with Gasteiger partial charge in [0.05, 0.1) is 17.7 Å². The molecule has 1 spiro atoms. The molecule has 2 fully saturated rings. The Morgan fingerprint density at radius 1 is 1.05 bits per heavy atom. The lowest BCUT2D eigenvalue weighted by Crippen LogP contribution is -2.75. The number of rotatable bonds is 5. The van der Waals surface area contributed by atoms with Crippen molar-refractivity contribution >= 4 is 23.3 Å². The van der Waals surface area contributed by atoms with Crippen molar-refractivity contribution in [2.24, 2.45) is 5.92 Å². The molecule has 224 valence electrons. The van der Waals surface area contributed by atoms with Gasteiger partial charge >= 0.3 is 0 Å². The number of nitrogens with one attached hydrogen (secondary N) is 1. The zero-order chi connectivity index (χ0) is 28.4. The molecule has 9 rings (SSSR count). The first-order chi connectivity index (χ1) is 20.3. The van der Waals surface area contributed by atoms with E-state index in [4.69, 9.17) is 9.47 Å². The number of benzene rings is 3. The highest BCUT2D eigenvalue weighted by Gasteiger charge is 2.74. The van der Waals surface area contributed by atoms with Crippen molar-refractivity contribution < 1.29 is 14.6 Å². The molecule has 4 aromatic rings. The number of aromatic amines is 1. The van der Waals surface area contributed by atoms with Crippen molar-refractivity contribution in [3.63, 3.8) is 0 Å². The Hall–Kier alpha value is -2.99. The highest BCUT2D eigenvalue weighted by Crippen LogP contribution is 2.70. The number of phenolic OH excluding ortho intramolecular Hbond substituents is 1. The fraction of sp³-hybridized carbons (Fsp3) is 0.459.